The van der Waals surface area contributed by atoms with E-state index in [1.807, 2.05) is 13.0 Å². The number of morpholine rings is 1. The van der Waals surface area contributed by atoms with Gasteiger partial charge >= 0.3 is 0 Å². The highest BCUT2D eigenvalue weighted by molar-refractivity contribution is 7.92. The Morgan fingerprint density at radius 2 is 1.85 bits per heavy atom. The van der Waals surface area contributed by atoms with E-state index in [-0.39, 0.29) is 17.4 Å². The zero-order chi connectivity index (χ0) is 18.9. The van der Waals surface area contributed by atoms with E-state index in [0.29, 0.717) is 29.5 Å². The fourth-order valence-corrected chi connectivity index (χ4v) is 4.41. The first kappa shape index (κ1) is 18.7. The van der Waals surface area contributed by atoms with Gasteiger partial charge in [0.1, 0.15) is 6.61 Å². The van der Waals surface area contributed by atoms with Crippen LogP contribution in [0.15, 0.2) is 41.3 Å². The molecule has 0 radical (unpaired) electrons. The largest absolute Gasteiger partial charge is 0.370 e. The molecule has 0 saturated carbocycles. The lowest BCUT2D eigenvalue weighted by atomic mass is 10.1. The molecule has 8 heteroatoms. The molecule has 1 saturated heterocycles. The maximum Gasteiger partial charge on any atom is 0.261 e. The van der Waals surface area contributed by atoms with Crippen LogP contribution in [0.3, 0.4) is 0 Å². The highest BCUT2D eigenvalue weighted by atomic mass is 35.5. The normalized spacial score (nSPS) is 15.2. The molecular weight excluding hydrogens is 376 g/mol. The second kappa shape index (κ2) is 7.26. The molecule has 1 fully saturated rings. The van der Waals surface area contributed by atoms with E-state index in [1.54, 1.807) is 30.0 Å². The molecule has 1 heterocycles. The molecule has 0 aromatic heterocycles. The quantitative estimate of drug-likeness (QED) is 0.864. The summed E-state index contributed by atoms with van der Waals surface area (Å²) in [5, 5.41) is 0.349. The van der Waals surface area contributed by atoms with Gasteiger partial charge in [-0.2, -0.15) is 0 Å². The molecule has 0 unspecified atom stereocenters. The molecule has 6 nitrogen and oxygen atoms in total. The van der Waals surface area contributed by atoms with Gasteiger partial charge in [-0.05, 0) is 55.3 Å². The number of ether oxygens (including phenoxy) is 1. The van der Waals surface area contributed by atoms with E-state index in [9.17, 15) is 13.2 Å². The summed E-state index contributed by atoms with van der Waals surface area (Å²) >= 11 is 6.19. The second-order valence-electron chi connectivity index (χ2n) is 6.14. The summed E-state index contributed by atoms with van der Waals surface area (Å²) in [5.74, 6) is -0.146. The topological polar surface area (TPSA) is 75.7 Å². The van der Waals surface area contributed by atoms with Crippen molar-refractivity contribution in [3.05, 3.63) is 52.5 Å². The number of nitrogens with zero attached hydrogens (tertiary/aromatic N) is 1. The van der Waals surface area contributed by atoms with Crippen LogP contribution in [0.2, 0.25) is 5.02 Å². The molecule has 1 amide bonds. The standard InChI is InChI=1S/C18H19ClN2O4S/c1-12-9-13(2)18(16(19)10-12)20-26(23,24)15-5-3-14(4-6-15)21-7-8-25-11-17(21)22/h3-6,9-10,20H,7-8,11H2,1-2H3. The Morgan fingerprint density at radius 1 is 1.15 bits per heavy atom. The summed E-state index contributed by atoms with van der Waals surface area (Å²) in [6.45, 7) is 4.62. The Morgan fingerprint density at radius 3 is 2.46 bits per heavy atom. The van der Waals surface area contributed by atoms with Crippen LogP contribution in [-0.2, 0) is 19.6 Å². The number of carbonyl (C=O) groups is 1. The van der Waals surface area contributed by atoms with E-state index in [1.165, 1.54) is 12.1 Å². The molecule has 1 aliphatic heterocycles. The molecule has 2 aromatic rings. The Balaban J connectivity index is 1.85. The molecule has 26 heavy (non-hydrogen) atoms. The molecule has 0 bridgehead atoms. The third kappa shape index (κ3) is 3.85. The molecule has 1 N–H and O–H groups in total. The smallest absolute Gasteiger partial charge is 0.261 e. The molecule has 0 atom stereocenters. The van der Waals surface area contributed by atoms with Crippen molar-refractivity contribution in [3.63, 3.8) is 0 Å². The number of halogens is 1. The number of hydrogen-bond donors (Lipinski definition) is 1. The number of rotatable bonds is 4. The number of hydrogen-bond acceptors (Lipinski definition) is 4. The van der Waals surface area contributed by atoms with Crippen LogP contribution in [0.4, 0.5) is 11.4 Å². The van der Waals surface area contributed by atoms with Gasteiger partial charge in [-0.1, -0.05) is 17.7 Å². The van der Waals surface area contributed by atoms with Crippen molar-refractivity contribution in [1.29, 1.82) is 0 Å². The lowest BCUT2D eigenvalue weighted by Crippen LogP contribution is -2.41. The number of sulfonamides is 1. The minimum atomic E-state index is -3.79. The first-order valence-corrected chi connectivity index (χ1v) is 9.92. The average Bonchev–Trinajstić information content (AvgIpc) is 2.59. The van der Waals surface area contributed by atoms with E-state index in [4.69, 9.17) is 16.3 Å². The summed E-state index contributed by atoms with van der Waals surface area (Å²) in [6, 6.07) is 9.73. The summed E-state index contributed by atoms with van der Waals surface area (Å²) in [7, 11) is -3.79. The SMILES string of the molecule is Cc1cc(C)c(NS(=O)(=O)c2ccc(N3CCOCC3=O)cc2)c(Cl)c1. The van der Waals surface area contributed by atoms with Gasteiger partial charge in [0.15, 0.2) is 0 Å². The van der Waals surface area contributed by atoms with Gasteiger partial charge < -0.3 is 9.64 Å². The summed E-state index contributed by atoms with van der Waals surface area (Å²) in [5.41, 5.74) is 2.70. The zero-order valence-corrected chi connectivity index (χ0v) is 16.0. The lowest BCUT2D eigenvalue weighted by molar-refractivity contribution is -0.125. The Labute approximate surface area is 157 Å². The summed E-state index contributed by atoms with van der Waals surface area (Å²) in [4.78, 5) is 13.5. The van der Waals surface area contributed by atoms with Crippen LogP contribution >= 0.6 is 11.6 Å². The highest BCUT2D eigenvalue weighted by Gasteiger charge is 2.22. The molecule has 138 valence electrons. The predicted molar refractivity (Wildman–Crippen MR) is 101 cm³/mol. The van der Waals surface area contributed by atoms with Crippen LogP contribution in [0.1, 0.15) is 11.1 Å². The average molecular weight is 395 g/mol. The monoisotopic (exact) mass is 394 g/mol. The number of aryl methyl sites for hydroxylation is 2. The van der Waals surface area contributed by atoms with Crippen LogP contribution in [0, 0.1) is 13.8 Å². The Kier molecular flexibility index (Phi) is 5.22. The molecule has 3 rings (SSSR count). The second-order valence-corrected chi connectivity index (χ2v) is 8.23. The highest BCUT2D eigenvalue weighted by Crippen LogP contribution is 2.30. The van der Waals surface area contributed by atoms with Gasteiger partial charge in [0, 0.05) is 12.2 Å². The Hall–Kier alpha value is -2.09. The van der Waals surface area contributed by atoms with Crippen LogP contribution in [0.25, 0.3) is 0 Å². The van der Waals surface area contributed by atoms with Gasteiger partial charge in [-0.3, -0.25) is 9.52 Å². The molecular formula is C18H19ClN2O4S. The van der Waals surface area contributed by atoms with Crippen molar-refractivity contribution in [2.75, 3.05) is 29.4 Å². The van der Waals surface area contributed by atoms with Gasteiger partial charge in [-0.15, -0.1) is 0 Å². The number of carbonyl (C=O) groups excluding carboxylic acids is 1. The third-order valence-corrected chi connectivity index (χ3v) is 5.78. The summed E-state index contributed by atoms with van der Waals surface area (Å²) in [6.07, 6.45) is 0. The van der Waals surface area contributed by atoms with E-state index >= 15 is 0 Å². The maximum atomic E-state index is 12.7. The fourth-order valence-electron chi connectivity index (χ4n) is 2.83. The fraction of sp³-hybridized carbons (Fsp3) is 0.278. The van der Waals surface area contributed by atoms with Crippen LogP contribution < -0.4 is 9.62 Å². The first-order valence-electron chi connectivity index (χ1n) is 8.06. The minimum Gasteiger partial charge on any atom is -0.370 e. The van der Waals surface area contributed by atoms with Crippen molar-refractivity contribution in [3.8, 4) is 0 Å². The van der Waals surface area contributed by atoms with Crippen LogP contribution in [-0.4, -0.2) is 34.1 Å². The van der Waals surface area contributed by atoms with E-state index in [2.05, 4.69) is 4.72 Å². The Bertz CT molecular complexity index is 919. The van der Waals surface area contributed by atoms with Gasteiger partial charge in [-0.25, -0.2) is 8.42 Å². The van der Waals surface area contributed by atoms with Crippen LogP contribution in [0.5, 0.6) is 0 Å². The number of benzene rings is 2. The van der Waals surface area contributed by atoms with Crippen molar-refractivity contribution in [2.45, 2.75) is 18.7 Å². The van der Waals surface area contributed by atoms with Gasteiger partial charge in [0.2, 0.25) is 0 Å². The third-order valence-electron chi connectivity index (χ3n) is 4.11. The van der Waals surface area contributed by atoms with Gasteiger partial charge in [0.05, 0.1) is 22.2 Å². The molecule has 0 spiro atoms. The number of amides is 1. The zero-order valence-electron chi connectivity index (χ0n) is 14.5. The van der Waals surface area contributed by atoms with Crippen molar-refractivity contribution >= 4 is 38.9 Å². The lowest BCUT2D eigenvalue weighted by Gasteiger charge is -2.26. The summed E-state index contributed by atoms with van der Waals surface area (Å²) < 4.78 is 33.0. The molecule has 2 aromatic carbocycles. The first-order chi connectivity index (χ1) is 12.3. The van der Waals surface area contributed by atoms with Crippen molar-refractivity contribution in [2.24, 2.45) is 0 Å². The maximum absolute atomic E-state index is 12.7. The van der Waals surface area contributed by atoms with Gasteiger partial charge in [0.25, 0.3) is 15.9 Å². The number of nitrogens with one attached hydrogen (secondary N) is 1. The molecule has 1 aliphatic rings. The minimum absolute atomic E-state index is 0.0345. The number of anilines is 2. The molecule has 0 aliphatic carbocycles. The van der Waals surface area contributed by atoms with E-state index in [0.717, 1.165) is 11.1 Å². The van der Waals surface area contributed by atoms with Crippen molar-refractivity contribution in [1.82, 2.24) is 0 Å². The van der Waals surface area contributed by atoms with E-state index < -0.39 is 10.0 Å². The van der Waals surface area contributed by atoms with Crippen molar-refractivity contribution < 1.29 is 17.9 Å². The predicted octanol–water partition coefficient (Wildman–Crippen LogP) is 3.12.